The zero-order chi connectivity index (χ0) is 14.4. The summed E-state index contributed by atoms with van der Waals surface area (Å²) in [7, 11) is 0. The molecule has 0 saturated heterocycles. The predicted molar refractivity (Wildman–Crippen MR) is 82.2 cm³/mol. The summed E-state index contributed by atoms with van der Waals surface area (Å²) in [6.07, 6.45) is 0. The highest BCUT2D eigenvalue weighted by Crippen LogP contribution is 2.18. The molecule has 0 aliphatic heterocycles. The topological polar surface area (TPSA) is 59.4 Å². The minimum absolute atomic E-state index is 0.591. The van der Waals surface area contributed by atoms with Crippen molar-refractivity contribution < 1.29 is 0 Å². The van der Waals surface area contributed by atoms with Crippen LogP contribution in [-0.2, 0) is 6.54 Å². The van der Waals surface area contributed by atoms with Gasteiger partial charge >= 0.3 is 0 Å². The molecule has 5 heteroatoms. The molecule has 0 saturated carbocycles. The van der Waals surface area contributed by atoms with E-state index in [-0.39, 0.29) is 0 Å². The lowest BCUT2D eigenvalue weighted by molar-refractivity contribution is 0.649. The monoisotopic (exact) mass is 277 g/mol. The number of nitrogens with zero attached hydrogens (tertiary/aromatic N) is 4. The number of hydrogen-bond donors (Lipinski definition) is 1. The number of para-hydroxylation sites is 2. The lowest BCUT2D eigenvalue weighted by Gasteiger charge is -2.02. The van der Waals surface area contributed by atoms with Gasteiger partial charge in [-0.15, -0.1) is 5.10 Å². The summed E-state index contributed by atoms with van der Waals surface area (Å²) in [5.41, 5.74) is 6.47. The number of benzene rings is 2. The number of hydrogen-bond acceptors (Lipinski definition) is 3. The van der Waals surface area contributed by atoms with Crippen LogP contribution in [0.15, 0.2) is 36.4 Å². The van der Waals surface area contributed by atoms with Gasteiger partial charge in [0.05, 0.1) is 16.6 Å². The van der Waals surface area contributed by atoms with Gasteiger partial charge in [-0.1, -0.05) is 17.3 Å². The molecule has 0 unspecified atom stereocenters. The average Bonchev–Trinajstić information content (AvgIpc) is 3.04. The molecule has 2 aromatic carbocycles. The SMILES string of the molecule is Cc1cc2nnn(Cc3nc4ccccc4[nH]3)c2cc1C. The number of H-pyrrole nitrogens is 1. The Balaban J connectivity index is 1.78. The maximum atomic E-state index is 4.59. The van der Waals surface area contributed by atoms with E-state index in [0.29, 0.717) is 6.54 Å². The van der Waals surface area contributed by atoms with Crippen molar-refractivity contribution in [2.45, 2.75) is 20.4 Å². The molecule has 4 aromatic rings. The first-order chi connectivity index (χ1) is 10.2. The van der Waals surface area contributed by atoms with Gasteiger partial charge in [0.2, 0.25) is 0 Å². The molecule has 1 N–H and O–H groups in total. The maximum Gasteiger partial charge on any atom is 0.129 e. The number of aromatic amines is 1. The predicted octanol–water partition coefficient (Wildman–Crippen LogP) is 2.97. The number of aromatic nitrogens is 5. The molecule has 0 bridgehead atoms. The van der Waals surface area contributed by atoms with E-state index in [9.17, 15) is 0 Å². The first-order valence-corrected chi connectivity index (χ1v) is 6.95. The lowest BCUT2D eigenvalue weighted by Crippen LogP contribution is -2.03. The molecule has 0 aliphatic rings. The van der Waals surface area contributed by atoms with Crippen LogP contribution in [0.4, 0.5) is 0 Å². The summed E-state index contributed by atoms with van der Waals surface area (Å²) in [4.78, 5) is 7.92. The fourth-order valence-corrected chi connectivity index (χ4v) is 2.56. The first kappa shape index (κ1) is 12.1. The summed E-state index contributed by atoms with van der Waals surface area (Å²) in [5, 5.41) is 8.49. The molecule has 2 aromatic heterocycles. The Bertz CT molecular complexity index is 915. The molecule has 0 amide bonds. The molecule has 21 heavy (non-hydrogen) atoms. The fourth-order valence-electron chi connectivity index (χ4n) is 2.56. The van der Waals surface area contributed by atoms with Gasteiger partial charge in [0.1, 0.15) is 17.9 Å². The molecule has 0 spiro atoms. The van der Waals surface area contributed by atoms with Gasteiger partial charge in [-0.25, -0.2) is 9.67 Å². The van der Waals surface area contributed by atoms with E-state index in [1.807, 2.05) is 28.9 Å². The Morgan fingerprint density at radius 2 is 1.86 bits per heavy atom. The quantitative estimate of drug-likeness (QED) is 0.613. The zero-order valence-electron chi connectivity index (χ0n) is 12.0. The zero-order valence-corrected chi connectivity index (χ0v) is 12.0. The van der Waals surface area contributed by atoms with Crippen molar-refractivity contribution in [1.29, 1.82) is 0 Å². The highest BCUT2D eigenvalue weighted by molar-refractivity contribution is 5.77. The molecule has 0 atom stereocenters. The number of rotatable bonds is 2. The van der Waals surface area contributed by atoms with Crippen LogP contribution in [0.3, 0.4) is 0 Å². The average molecular weight is 277 g/mol. The molecule has 0 fully saturated rings. The third-order valence-corrected chi connectivity index (χ3v) is 3.87. The third kappa shape index (κ3) is 1.98. The van der Waals surface area contributed by atoms with E-state index in [4.69, 9.17) is 0 Å². The maximum absolute atomic E-state index is 4.59. The highest BCUT2D eigenvalue weighted by atomic mass is 15.4. The molecular weight excluding hydrogens is 262 g/mol. The second kappa shape index (κ2) is 4.41. The van der Waals surface area contributed by atoms with E-state index < -0.39 is 0 Å². The first-order valence-electron chi connectivity index (χ1n) is 6.95. The summed E-state index contributed by atoms with van der Waals surface area (Å²) in [5.74, 6) is 0.890. The van der Waals surface area contributed by atoms with Crippen LogP contribution in [0.1, 0.15) is 17.0 Å². The van der Waals surface area contributed by atoms with E-state index in [1.54, 1.807) is 0 Å². The Labute approximate surface area is 121 Å². The van der Waals surface area contributed by atoms with Gasteiger partial charge in [0.25, 0.3) is 0 Å². The van der Waals surface area contributed by atoms with Gasteiger partial charge in [-0.3, -0.25) is 0 Å². The van der Waals surface area contributed by atoms with Crippen LogP contribution in [0.2, 0.25) is 0 Å². The van der Waals surface area contributed by atoms with Gasteiger partial charge in [0.15, 0.2) is 0 Å². The fraction of sp³-hybridized carbons (Fsp3) is 0.188. The summed E-state index contributed by atoms with van der Waals surface area (Å²) >= 11 is 0. The van der Waals surface area contributed by atoms with Crippen molar-refractivity contribution in [3.8, 4) is 0 Å². The molecule has 104 valence electrons. The van der Waals surface area contributed by atoms with Crippen LogP contribution < -0.4 is 0 Å². The van der Waals surface area contributed by atoms with E-state index in [1.165, 1.54) is 11.1 Å². The Hall–Kier alpha value is -2.69. The van der Waals surface area contributed by atoms with Gasteiger partial charge in [-0.05, 0) is 49.2 Å². The van der Waals surface area contributed by atoms with Crippen LogP contribution in [0.25, 0.3) is 22.1 Å². The summed E-state index contributed by atoms with van der Waals surface area (Å²) in [6, 6.07) is 12.2. The lowest BCUT2D eigenvalue weighted by atomic mass is 10.1. The number of aryl methyl sites for hydroxylation is 2. The molecule has 4 rings (SSSR count). The third-order valence-electron chi connectivity index (χ3n) is 3.87. The second-order valence-electron chi connectivity index (χ2n) is 5.37. The van der Waals surface area contributed by atoms with Gasteiger partial charge in [-0.2, -0.15) is 0 Å². The van der Waals surface area contributed by atoms with Gasteiger partial charge in [0, 0.05) is 0 Å². The van der Waals surface area contributed by atoms with Crippen LogP contribution >= 0.6 is 0 Å². The number of fused-ring (bicyclic) bond motifs is 2. The molecule has 0 aliphatic carbocycles. The van der Waals surface area contributed by atoms with E-state index >= 15 is 0 Å². The van der Waals surface area contributed by atoms with Crippen molar-refractivity contribution in [2.24, 2.45) is 0 Å². The van der Waals surface area contributed by atoms with Crippen LogP contribution in [0, 0.1) is 13.8 Å². The number of nitrogens with one attached hydrogen (secondary N) is 1. The normalized spacial score (nSPS) is 11.5. The largest absolute Gasteiger partial charge is 0.340 e. The standard InChI is InChI=1S/C16H15N5/c1-10-7-14-15(8-11(10)2)21(20-19-14)9-16-17-12-5-3-4-6-13(12)18-16/h3-8H,9H2,1-2H3,(H,17,18). The van der Waals surface area contributed by atoms with E-state index in [2.05, 4.69) is 46.3 Å². The number of imidazole rings is 1. The van der Waals surface area contributed by atoms with Gasteiger partial charge < -0.3 is 4.98 Å². The Morgan fingerprint density at radius 1 is 1.05 bits per heavy atom. The second-order valence-corrected chi connectivity index (χ2v) is 5.37. The molecule has 5 nitrogen and oxygen atoms in total. The molecule has 2 heterocycles. The Kier molecular flexibility index (Phi) is 2.54. The van der Waals surface area contributed by atoms with E-state index in [0.717, 1.165) is 27.9 Å². The van der Waals surface area contributed by atoms with Crippen molar-refractivity contribution >= 4 is 22.1 Å². The highest BCUT2D eigenvalue weighted by Gasteiger charge is 2.09. The molecule has 0 radical (unpaired) electrons. The van der Waals surface area contributed by atoms with Crippen molar-refractivity contribution in [3.05, 3.63) is 53.3 Å². The minimum Gasteiger partial charge on any atom is -0.340 e. The van der Waals surface area contributed by atoms with Crippen LogP contribution in [0.5, 0.6) is 0 Å². The van der Waals surface area contributed by atoms with Crippen molar-refractivity contribution in [2.75, 3.05) is 0 Å². The van der Waals surface area contributed by atoms with Crippen LogP contribution in [-0.4, -0.2) is 25.0 Å². The Morgan fingerprint density at radius 3 is 2.71 bits per heavy atom. The minimum atomic E-state index is 0.591. The smallest absolute Gasteiger partial charge is 0.129 e. The summed E-state index contributed by atoms with van der Waals surface area (Å²) < 4.78 is 1.89. The van der Waals surface area contributed by atoms with Crippen molar-refractivity contribution in [1.82, 2.24) is 25.0 Å². The van der Waals surface area contributed by atoms with Crippen molar-refractivity contribution in [3.63, 3.8) is 0 Å². The molecular formula is C16H15N5. The summed E-state index contributed by atoms with van der Waals surface area (Å²) in [6.45, 7) is 4.79.